The van der Waals surface area contributed by atoms with Crippen LogP contribution in [0, 0.1) is 0 Å². The molecule has 3 heteroatoms. The second kappa shape index (κ2) is 9.72. The van der Waals surface area contributed by atoms with Crippen molar-refractivity contribution in [1.82, 2.24) is 5.32 Å². The van der Waals surface area contributed by atoms with Crippen LogP contribution in [0.15, 0.2) is 35.9 Å². The number of nitrogens with one attached hydrogen (secondary N) is 1. The minimum absolute atomic E-state index is 0.342. The van der Waals surface area contributed by atoms with Crippen molar-refractivity contribution in [3.8, 4) is 0 Å². The number of hydrogen-bond donors (Lipinski definition) is 1. The molecule has 116 valence electrons. The molecular weight excluding hydrogens is 262 g/mol. The quantitative estimate of drug-likeness (QED) is 0.708. The fourth-order valence-electron chi connectivity index (χ4n) is 2.46. The summed E-state index contributed by atoms with van der Waals surface area (Å²) in [7, 11) is 0. The maximum absolute atomic E-state index is 5.64. The van der Waals surface area contributed by atoms with Crippen molar-refractivity contribution >= 4 is 6.08 Å². The lowest BCUT2D eigenvalue weighted by atomic mass is 10.1. The van der Waals surface area contributed by atoms with Gasteiger partial charge in [0.1, 0.15) is 0 Å². The van der Waals surface area contributed by atoms with E-state index in [1.165, 1.54) is 17.6 Å². The number of ether oxygens (including phenoxy) is 2. The maximum atomic E-state index is 5.64. The summed E-state index contributed by atoms with van der Waals surface area (Å²) in [6.07, 6.45) is 5.95. The van der Waals surface area contributed by atoms with Gasteiger partial charge in [-0.3, -0.25) is 0 Å². The standard InChI is InChI=1S/C18H27NO2/c1-16(13-17-7-3-2-4-8-17)14-19-10-6-11-20-15-18-9-5-12-21-18/h2-4,7-8,13,18-19H,5-6,9-12,14-15H2,1H3/b16-13-. The molecule has 1 heterocycles. The van der Waals surface area contributed by atoms with Gasteiger partial charge in [0.2, 0.25) is 0 Å². The summed E-state index contributed by atoms with van der Waals surface area (Å²) in [6, 6.07) is 10.4. The van der Waals surface area contributed by atoms with Gasteiger partial charge in [-0.15, -0.1) is 0 Å². The normalized spacial score (nSPS) is 19.1. The van der Waals surface area contributed by atoms with Crippen molar-refractivity contribution in [3.05, 3.63) is 41.5 Å². The Balaban J connectivity index is 1.48. The first kappa shape index (κ1) is 16.2. The first-order valence-electron chi connectivity index (χ1n) is 7.97. The fourth-order valence-corrected chi connectivity index (χ4v) is 2.46. The molecule has 0 aromatic heterocycles. The van der Waals surface area contributed by atoms with E-state index in [4.69, 9.17) is 9.47 Å². The second-order valence-electron chi connectivity index (χ2n) is 5.64. The molecule has 1 aliphatic heterocycles. The van der Waals surface area contributed by atoms with Crippen LogP contribution in [0.25, 0.3) is 6.08 Å². The fraction of sp³-hybridized carbons (Fsp3) is 0.556. The summed E-state index contributed by atoms with van der Waals surface area (Å²) in [5.74, 6) is 0. The van der Waals surface area contributed by atoms with Gasteiger partial charge in [-0.2, -0.15) is 0 Å². The van der Waals surface area contributed by atoms with Crippen LogP contribution in [-0.4, -0.2) is 39.0 Å². The molecule has 2 rings (SSSR count). The van der Waals surface area contributed by atoms with Gasteiger partial charge in [0.05, 0.1) is 12.7 Å². The molecule has 1 aromatic carbocycles. The van der Waals surface area contributed by atoms with Gasteiger partial charge in [-0.1, -0.05) is 42.0 Å². The third-order valence-electron chi connectivity index (χ3n) is 3.59. The second-order valence-corrected chi connectivity index (χ2v) is 5.64. The molecular formula is C18H27NO2. The Bertz CT molecular complexity index is 410. The molecule has 3 nitrogen and oxygen atoms in total. The average Bonchev–Trinajstić information content (AvgIpc) is 3.00. The van der Waals surface area contributed by atoms with Gasteiger partial charge < -0.3 is 14.8 Å². The van der Waals surface area contributed by atoms with E-state index in [0.717, 1.165) is 45.8 Å². The zero-order valence-electron chi connectivity index (χ0n) is 13.0. The Morgan fingerprint density at radius 3 is 3.00 bits per heavy atom. The lowest BCUT2D eigenvalue weighted by Gasteiger charge is -2.10. The minimum atomic E-state index is 0.342. The van der Waals surface area contributed by atoms with Crippen LogP contribution in [0.4, 0.5) is 0 Å². The summed E-state index contributed by atoms with van der Waals surface area (Å²) in [5.41, 5.74) is 2.61. The van der Waals surface area contributed by atoms with Crippen LogP contribution in [0.2, 0.25) is 0 Å². The minimum Gasteiger partial charge on any atom is -0.379 e. The molecule has 1 aromatic rings. The summed E-state index contributed by atoms with van der Waals surface area (Å²) >= 11 is 0. The van der Waals surface area contributed by atoms with Crippen LogP contribution in [0.3, 0.4) is 0 Å². The van der Waals surface area contributed by atoms with Crippen LogP contribution < -0.4 is 5.32 Å². The molecule has 0 radical (unpaired) electrons. The molecule has 1 aliphatic rings. The predicted octanol–water partition coefficient (Wildman–Crippen LogP) is 3.27. The highest BCUT2D eigenvalue weighted by atomic mass is 16.5. The lowest BCUT2D eigenvalue weighted by Crippen LogP contribution is -2.20. The highest BCUT2D eigenvalue weighted by Crippen LogP contribution is 2.11. The van der Waals surface area contributed by atoms with Crippen LogP contribution in [0.5, 0.6) is 0 Å². The highest BCUT2D eigenvalue weighted by molar-refractivity contribution is 5.52. The lowest BCUT2D eigenvalue weighted by molar-refractivity contribution is 0.0167. The highest BCUT2D eigenvalue weighted by Gasteiger charge is 2.14. The van der Waals surface area contributed by atoms with Gasteiger partial charge in [0, 0.05) is 19.8 Å². The van der Waals surface area contributed by atoms with Crippen molar-refractivity contribution in [2.45, 2.75) is 32.3 Å². The zero-order valence-corrected chi connectivity index (χ0v) is 13.0. The molecule has 1 fully saturated rings. The van der Waals surface area contributed by atoms with Gasteiger partial charge >= 0.3 is 0 Å². The predicted molar refractivity (Wildman–Crippen MR) is 87.4 cm³/mol. The SMILES string of the molecule is C/C(=C/c1ccccc1)CNCCCOCC1CCCO1. The molecule has 1 unspecified atom stereocenters. The van der Waals surface area contributed by atoms with Gasteiger partial charge in [-0.25, -0.2) is 0 Å². The van der Waals surface area contributed by atoms with Crippen molar-refractivity contribution in [2.75, 3.05) is 32.9 Å². The van der Waals surface area contributed by atoms with E-state index in [-0.39, 0.29) is 0 Å². The topological polar surface area (TPSA) is 30.5 Å². The van der Waals surface area contributed by atoms with E-state index in [1.807, 2.05) is 6.07 Å². The van der Waals surface area contributed by atoms with Crippen molar-refractivity contribution < 1.29 is 9.47 Å². The van der Waals surface area contributed by atoms with E-state index >= 15 is 0 Å². The molecule has 1 saturated heterocycles. The maximum Gasteiger partial charge on any atom is 0.0809 e. The molecule has 0 aliphatic carbocycles. The first-order chi connectivity index (χ1) is 10.3. The molecule has 0 spiro atoms. The smallest absolute Gasteiger partial charge is 0.0809 e. The van der Waals surface area contributed by atoms with E-state index < -0.39 is 0 Å². The molecule has 1 N–H and O–H groups in total. The van der Waals surface area contributed by atoms with E-state index in [0.29, 0.717) is 6.10 Å². The van der Waals surface area contributed by atoms with Crippen LogP contribution >= 0.6 is 0 Å². The van der Waals surface area contributed by atoms with Crippen molar-refractivity contribution in [2.24, 2.45) is 0 Å². The van der Waals surface area contributed by atoms with Crippen molar-refractivity contribution in [1.29, 1.82) is 0 Å². The third-order valence-corrected chi connectivity index (χ3v) is 3.59. The third kappa shape index (κ3) is 6.89. The van der Waals surface area contributed by atoms with Crippen LogP contribution in [-0.2, 0) is 9.47 Å². The molecule has 1 atom stereocenters. The number of hydrogen-bond acceptors (Lipinski definition) is 3. The first-order valence-corrected chi connectivity index (χ1v) is 7.97. The summed E-state index contributed by atoms with van der Waals surface area (Å²) < 4.78 is 11.2. The zero-order chi connectivity index (χ0) is 14.8. The molecule has 21 heavy (non-hydrogen) atoms. The molecule has 0 amide bonds. The van der Waals surface area contributed by atoms with Gasteiger partial charge in [0.15, 0.2) is 0 Å². The van der Waals surface area contributed by atoms with Crippen LogP contribution in [0.1, 0.15) is 31.7 Å². The molecule has 0 saturated carbocycles. The molecule has 0 bridgehead atoms. The van der Waals surface area contributed by atoms with E-state index in [9.17, 15) is 0 Å². The monoisotopic (exact) mass is 289 g/mol. The Morgan fingerprint density at radius 2 is 2.24 bits per heavy atom. The summed E-state index contributed by atoms with van der Waals surface area (Å²) in [5, 5.41) is 3.45. The summed E-state index contributed by atoms with van der Waals surface area (Å²) in [6.45, 7) is 6.56. The summed E-state index contributed by atoms with van der Waals surface area (Å²) in [4.78, 5) is 0. The number of rotatable bonds is 9. The van der Waals surface area contributed by atoms with E-state index in [2.05, 4.69) is 42.6 Å². The Hall–Kier alpha value is -1.16. The van der Waals surface area contributed by atoms with Gasteiger partial charge in [-0.05, 0) is 38.3 Å². The largest absolute Gasteiger partial charge is 0.379 e. The van der Waals surface area contributed by atoms with Gasteiger partial charge in [0.25, 0.3) is 0 Å². The Morgan fingerprint density at radius 1 is 1.38 bits per heavy atom. The average molecular weight is 289 g/mol. The Kier molecular flexibility index (Phi) is 7.50. The number of benzene rings is 1. The van der Waals surface area contributed by atoms with Crippen molar-refractivity contribution in [3.63, 3.8) is 0 Å². The van der Waals surface area contributed by atoms with E-state index in [1.54, 1.807) is 0 Å². The Labute approximate surface area is 128 Å².